The van der Waals surface area contributed by atoms with E-state index in [1.807, 2.05) is 13.0 Å². The number of nitrogens with zero attached hydrogens (tertiary/aromatic N) is 1. The minimum absolute atomic E-state index is 0.0179. The summed E-state index contributed by atoms with van der Waals surface area (Å²) in [7, 11) is 0. The summed E-state index contributed by atoms with van der Waals surface area (Å²) in [5, 5.41) is 9.73. The molecule has 0 radical (unpaired) electrons. The number of aryl methyl sites for hydroxylation is 1. The highest BCUT2D eigenvalue weighted by Gasteiger charge is 2.37. The van der Waals surface area contributed by atoms with Crippen LogP contribution in [-0.4, -0.2) is 22.6 Å². The Kier molecular flexibility index (Phi) is 3.47. The van der Waals surface area contributed by atoms with Gasteiger partial charge in [0.15, 0.2) is 5.82 Å². The van der Waals surface area contributed by atoms with E-state index in [0.29, 0.717) is 18.8 Å². The van der Waals surface area contributed by atoms with Crippen molar-refractivity contribution >= 4 is 11.7 Å². The molecular weight excluding hydrogens is 216 g/mol. The number of aromatic amines is 1. The standard InChI is InChI=1S/C12H20N4O/c1-2-9-6-10(16-15-9)14-11(17)7-12(8-13)4-3-5-12/h6H,2-5,7-8,13H2,1H3,(H2,14,15,16,17). The molecule has 0 unspecified atom stereocenters. The second-order valence-electron chi connectivity index (χ2n) is 4.91. The minimum Gasteiger partial charge on any atom is -0.330 e. The molecule has 0 saturated heterocycles. The van der Waals surface area contributed by atoms with Crippen LogP contribution in [0.3, 0.4) is 0 Å². The molecular formula is C12H20N4O. The van der Waals surface area contributed by atoms with Crippen LogP contribution < -0.4 is 11.1 Å². The lowest BCUT2D eigenvalue weighted by molar-refractivity contribution is -0.119. The molecule has 0 aliphatic heterocycles. The quantitative estimate of drug-likeness (QED) is 0.723. The van der Waals surface area contributed by atoms with Crippen molar-refractivity contribution in [2.24, 2.45) is 11.1 Å². The highest BCUT2D eigenvalue weighted by atomic mass is 16.1. The lowest BCUT2D eigenvalue weighted by atomic mass is 9.66. The maximum Gasteiger partial charge on any atom is 0.226 e. The molecule has 0 atom stereocenters. The molecule has 4 N–H and O–H groups in total. The molecule has 2 rings (SSSR count). The van der Waals surface area contributed by atoms with Gasteiger partial charge in [0.1, 0.15) is 0 Å². The van der Waals surface area contributed by atoms with Gasteiger partial charge in [0, 0.05) is 18.2 Å². The molecule has 1 aromatic heterocycles. The second kappa shape index (κ2) is 4.87. The third-order valence-corrected chi connectivity index (χ3v) is 3.66. The first kappa shape index (κ1) is 12.1. The minimum atomic E-state index is 0.0179. The molecule has 5 heteroatoms. The van der Waals surface area contributed by atoms with Crippen LogP contribution in [-0.2, 0) is 11.2 Å². The van der Waals surface area contributed by atoms with Gasteiger partial charge in [-0.3, -0.25) is 9.89 Å². The van der Waals surface area contributed by atoms with Crippen molar-refractivity contribution in [3.8, 4) is 0 Å². The van der Waals surface area contributed by atoms with E-state index < -0.39 is 0 Å². The number of nitrogens with two attached hydrogens (primary N) is 1. The number of anilines is 1. The van der Waals surface area contributed by atoms with Gasteiger partial charge in [-0.05, 0) is 31.2 Å². The lowest BCUT2D eigenvalue weighted by Crippen LogP contribution is -2.40. The molecule has 0 spiro atoms. The van der Waals surface area contributed by atoms with Crippen LogP contribution >= 0.6 is 0 Å². The Bertz CT molecular complexity index is 389. The number of hydrogen-bond acceptors (Lipinski definition) is 3. The summed E-state index contributed by atoms with van der Waals surface area (Å²) in [5.74, 6) is 0.627. The Hall–Kier alpha value is -1.36. The number of aromatic nitrogens is 2. The summed E-state index contributed by atoms with van der Waals surface area (Å²) in [6.07, 6.45) is 4.72. The van der Waals surface area contributed by atoms with E-state index in [9.17, 15) is 4.79 Å². The number of amides is 1. The van der Waals surface area contributed by atoms with Crippen LogP contribution in [0, 0.1) is 5.41 Å². The topological polar surface area (TPSA) is 83.8 Å². The van der Waals surface area contributed by atoms with E-state index in [4.69, 9.17) is 5.73 Å². The molecule has 1 fully saturated rings. The number of H-pyrrole nitrogens is 1. The molecule has 1 aromatic rings. The smallest absolute Gasteiger partial charge is 0.226 e. The number of carbonyl (C=O) groups excluding carboxylic acids is 1. The Morgan fingerprint density at radius 3 is 2.88 bits per heavy atom. The number of carbonyl (C=O) groups is 1. The Morgan fingerprint density at radius 2 is 2.41 bits per heavy atom. The van der Waals surface area contributed by atoms with Crippen LogP contribution in [0.5, 0.6) is 0 Å². The monoisotopic (exact) mass is 236 g/mol. The highest BCUT2D eigenvalue weighted by molar-refractivity contribution is 5.90. The molecule has 1 amide bonds. The summed E-state index contributed by atoms with van der Waals surface area (Å²) in [5.41, 5.74) is 6.81. The Labute approximate surface area is 101 Å². The first-order chi connectivity index (χ1) is 8.17. The van der Waals surface area contributed by atoms with Gasteiger partial charge in [0.05, 0.1) is 0 Å². The third-order valence-electron chi connectivity index (χ3n) is 3.66. The first-order valence-electron chi connectivity index (χ1n) is 6.22. The number of hydrogen-bond donors (Lipinski definition) is 3. The number of rotatable bonds is 5. The van der Waals surface area contributed by atoms with Crippen molar-refractivity contribution < 1.29 is 4.79 Å². The van der Waals surface area contributed by atoms with Crippen LogP contribution in [0.15, 0.2) is 6.07 Å². The van der Waals surface area contributed by atoms with Crippen LogP contribution in [0.4, 0.5) is 5.82 Å². The van der Waals surface area contributed by atoms with Gasteiger partial charge in [0.2, 0.25) is 5.91 Å². The molecule has 17 heavy (non-hydrogen) atoms. The largest absolute Gasteiger partial charge is 0.330 e. The van der Waals surface area contributed by atoms with Crippen molar-refractivity contribution in [2.75, 3.05) is 11.9 Å². The van der Waals surface area contributed by atoms with Crippen molar-refractivity contribution in [1.29, 1.82) is 0 Å². The zero-order valence-electron chi connectivity index (χ0n) is 10.3. The number of nitrogens with one attached hydrogen (secondary N) is 2. The van der Waals surface area contributed by atoms with Crippen molar-refractivity contribution in [3.63, 3.8) is 0 Å². The average Bonchev–Trinajstić information content (AvgIpc) is 2.71. The van der Waals surface area contributed by atoms with E-state index >= 15 is 0 Å². The Balaban J connectivity index is 1.88. The average molecular weight is 236 g/mol. The van der Waals surface area contributed by atoms with Crippen LogP contribution in [0.1, 0.15) is 38.3 Å². The molecule has 1 heterocycles. The summed E-state index contributed by atoms with van der Waals surface area (Å²) >= 11 is 0. The highest BCUT2D eigenvalue weighted by Crippen LogP contribution is 2.42. The fourth-order valence-electron chi connectivity index (χ4n) is 2.26. The summed E-state index contributed by atoms with van der Waals surface area (Å²) in [6, 6.07) is 1.87. The van der Waals surface area contributed by atoms with Gasteiger partial charge in [0.25, 0.3) is 0 Å². The molecule has 1 aliphatic carbocycles. The molecule has 94 valence electrons. The first-order valence-corrected chi connectivity index (χ1v) is 6.22. The maximum atomic E-state index is 11.9. The summed E-state index contributed by atoms with van der Waals surface area (Å²) < 4.78 is 0. The van der Waals surface area contributed by atoms with E-state index in [1.54, 1.807) is 0 Å². The van der Waals surface area contributed by atoms with E-state index in [-0.39, 0.29) is 11.3 Å². The molecule has 0 aromatic carbocycles. The van der Waals surface area contributed by atoms with E-state index in [0.717, 1.165) is 25.0 Å². The predicted octanol–water partition coefficient (Wildman–Crippen LogP) is 1.43. The fourth-order valence-corrected chi connectivity index (χ4v) is 2.26. The van der Waals surface area contributed by atoms with Gasteiger partial charge in [-0.1, -0.05) is 13.3 Å². The second-order valence-corrected chi connectivity index (χ2v) is 4.91. The molecule has 1 saturated carbocycles. The predicted molar refractivity (Wildman–Crippen MR) is 66.6 cm³/mol. The molecule has 0 bridgehead atoms. The summed E-state index contributed by atoms with van der Waals surface area (Å²) in [6.45, 7) is 2.64. The van der Waals surface area contributed by atoms with Crippen LogP contribution in [0.2, 0.25) is 0 Å². The van der Waals surface area contributed by atoms with Crippen LogP contribution in [0.25, 0.3) is 0 Å². The SMILES string of the molecule is CCc1cc(NC(=O)CC2(CN)CCC2)n[nH]1. The van der Waals surface area contributed by atoms with Crippen molar-refractivity contribution in [2.45, 2.75) is 39.0 Å². The molecule has 5 nitrogen and oxygen atoms in total. The van der Waals surface area contributed by atoms with Gasteiger partial charge >= 0.3 is 0 Å². The van der Waals surface area contributed by atoms with Crippen molar-refractivity contribution in [3.05, 3.63) is 11.8 Å². The fraction of sp³-hybridized carbons (Fsp3) is 0.667. The van der Waals surface area contributed by atoms with Crippen molar-refractivity contribution in [1.82, 2.24) is 10.2 Å². The molecule has 1 aliphatic rings. The zero-order valence-corrected chi connectivity index (χ0v) is 10.3. The van der Waals surface area contributed by atoms with Gasteiger partial charge in [-0.25, -0.2) is 0 Å². The summed E-state index contributed by atoms with van der Waals surface area (Å²) in [4.78, 5) is 11.9. The van der Waals surface area contributed by atoms with Gasteiger partial charge in [-0.15, -0.1) is 0 Å². The maximum absolute atomic E-state index is 11.9. The Morgan fingerprint density at radius 1 is 1.65 bits per heavy atom. The lowest BCUT2D eigenvalue weighted by Gasteiger charge is -2.40. The van der Waals surface area contributed by atoms with E-state index in [1.165, 1.54) is 6.42 Å². The van der Waals surface area contributed by atoms with E-state index in [2.05, 4.69) is 15.5 Å². The third kappa shape index (κ3) is 2.66. The van der Waals surface area contributed by atoms with Gasteiger partial charge < -0.3 is 11.1 Å². The van der Waals surface area contributed by atoms with Gasteiger partial charge in [-0.2, -0.15) is 5.10 Å². The zero-order chi connectivity index (χ0) is 12.3. The normalized spacial score (nSPS) is 17.5.